The first-order valence-corrected chi connectivity index (χ1v) is 11.6. The van der Waals surface area contributed by atoms with Crippen molar-refractivity contribution in [3.8, 4) is 28.3 Å². The Hall–Kier alpha value is -4.45. The van der Waals surface area contributed by atoms with Gasteiger partial charge in [-0.2, -0.15) is 5.10 Å². The van der Waals surface area contributed by atoms with E-state index in [2.05, 4.69) is 46.7 Å². The molecule has 3 aromatic carbocycles. The average Bonchev–Trinajstić information content (AvgIpc) is 3.36. The lowest BCUT2D eigenvalue weighted by Crippen LogP contribution is -2.23. The van der Waals surface area contributed by atoms with Crippen LogP contribution in [0.3, 0.4) is 0 Å². The molecule has 0 radical (unpaired) electrons. The summed E-state index contributed by atoms with van der Waals surface area (Å²) in [6, 6.07) is 27.6. The Morgan fingerprint density at radius 1 is 0.914 bits per heavy atom. The van der Waals surface area contributed by atoms with Crippen molar-refractivity contribution in [3.63, 3.8) is 0 Å². The number of benzene rings is 3. The van der Waals surface area contributed by atoms with Crippen LogP contribution in [-0.4, -0.2) is 28.2 Å². The van der Waals surface area contributed by atoms with E-state index in [9.17, 15) is 4.79 Å². The van der Waals surface area contributed by atoms with E-state index in [1.165, 1.54) is 5.56 Å². The molecule has 2 N–H and O–H groups in total. The highest BCUT2D eigenvalue weighted by Gasteiger charge is 2.20. The molecule has 0 aliphatic rings. The number of nitrogens with one attached hydrogen (secondary N) is 2. The van der Waals surface area contributed by atoms with Crippen molar-refractivity contribution in [2.75, 3.05) is 7.11 Å². The summed E-state index contributed by atoms with van der Waals surface area (Å²) in [5, 5.41) is 11.4. The first-order valence-electron chi connectivity index (χ1n) is 11.6. The van der Waals surface area contributed by atoms with Crippen molar-refractivity contribution in [1.29, 1.82) is 0 Å². The van der Waals surface area contributed by atoms with Crippen LogP contribution in [-0.2, 0) is 13.0 Å². The van der Waals surface area contributed by atoms with E-state index >= 15 is 0 Å². The normalized spacial score (nSPS) is 10.9. The first-order chi connectivity index (χ1) is 17.2. The lowest BCUT2D eigenvalue weighted by molar-refractivity contribution is 0.0952. The van der Waals surface area contributed by atoms with Gasteiger partial charge in [0.05, 0.1) is 29.4 Å². The molecule has 6 heteroatoms. The smallest absolute Gasteiger partial charge is 0.252 e. The lowest BCUT2D eigenvalue weighted by atomic mass is 10.0. The van der Waals surface area contributed by atoms with Crippen molar-refractivity contribution in [1.82, 2.24) is 20.5 Å². The van der Waals surface area contributed by atoms with Crippen LogP contribution in [0.5, 0.6) is 5.75 Å². The average molecular weight is 463 g/mol. The van der Waals surface area contributed by atoms with Crippen molar-refractivity contribution in [3.05, 3.63) is 102 Å². The zero-order chi connectivity index (χ0) is 24.2. The second-order valence-corrected chi connectivity index (χ2v) is 8.30. The maximum Gasteiger partial charge on any atom is 0.252 e. The number of methoxy groups -OCH3 is 1. The van der Waals surface area contributed by atoms with Gasteiger partial charge in [-0.25, -0.2) is 4.98 Å². The van der Waals surface area contributed by atoms with Gasteiger partial charge in [0.1, 0.15) is 5.75 Å². The number of rotatable bonds is 7. The number of carbonyl (C=O) groups excluding carboxylic acids is 1. The number of aromatic amines is 1. The molecule has 35 heavy (non-hydrogen) atoms. The van der Waals surface area contributed by atoms with Crippen LogP contribution in [0.25, 0.3) is 33.5 Å². The molecule has 2 aromatic heterocycles. The number of aryl methyl sites for hydroxylation is 1. The molecule has 174 valence electrons. The maximum atomic E-state index is 13.5. The third kappa shape index (κ3) is 4.64. The molecular weight excluding hydrogens is 436 g/mol. The van der Waals surface area contributed by atoms with Crippen LogP contribution in [0.2, 0.25) is 0 Å². The summed E-state index contributed by atoms with van der Waals surface area (Å²) in [6.07, 6.45) is 0.962. The van der Waals surface area contributed by atoms with Gasteiger partial charge in [-0.3, -0.25) is 9.89 Å². The summed E-state index contributed by atoms with van der Waals surface area (Å²) in [7, 11) is 1.63. The molecule has 0 saturated heterocycles. The van der Waals surface area contributed by atoms with Gasteiger partial charge < -0.3 is 10.1 Å². The summed E-state index contributed by atoms with van der Waals surface area (Å²) in [5.74, 6) is 0.581. The molecule has 0 aliphatic carbocycles. The van der Waals surface area contributed by atoms with E-state index in [0.29, 0.717) is 28.8 Å². The van der Waals surface area contributed by atoms with Crippen molar-refractivity contribution >= 4 is 16.9 Å². The van der Waals surface area contributed by atoms with Gasteiger partial charge in [-0.05, 0) is 47.9 Å². The molecule has 0 fully saturated rings. The molecule has 0 spiro atoms. The molecule has 0 saturated carbocycles. The molecule has 0 aliphatic heterocycles. The number of ether oxygens (including phenoxy) is 1. The fourth-order valence-corrected chi connectivity index (χ4v) is 4.10. The molecule has 0 bridgehead atoms. The molecule has 0 unspecified atom stereocenters. The summed E-state index contributed by atoms with van der Waals surface area (Å²) in [4.78, 5) is 18.3. The zero-order valence-corrected chi connectivity index (χ0v) is 19.7. The Labute approximate surface area is 204 Å². The minimum absolute atomic E-state index is 0.177. The van der Waals surface area contributed by atoms with Crippen LogP contribution in [0.1, 0.15) is 28.4 Å². The molecule has 5 rings (SSSR count). The fraction of sp³-hybridized carbons (Fsp3) is 0.138. The molecule has 1 amide bonds. The maximum absolute atomic E-state index is 13.5. The number of fused-ring (bicyclic) bond motifs is 1. The van der Waals surface area contributed by atoms with E-state index in [1.54, 1.807) is 7.11 Å². The summed E-state index contributed by atoms with van der Waals surface area (Å²) in [6.45, 7) is 2.56. The van der Waals surface area contributed by atoms with Gasteiger partial charge in [0.15, 0.2) is 5.65 Å². The van der Waals surface area contributed by atoms with Gasteiger partial charge in [0, 0.05) is 17.7 Å². The standard InChI is InChI=1S/C29H26N4O2/c1-3-19-9-11-22(12-10-19)27-26-24(29(34)30-18-20-7-5-4-6-8-20)17-25(31-28(26)33-32-27)21-13-15-23(35-2)16-14-21/h4-17H,3,18H2,1-2H3,(H,30,34)(H,31,32,33). The molecule has 0 atom stereocenters. The van der Waals surface area contributed by atoms with Crippen LogP contribution in [0, 0.1) is 0 Å². The molecule has 2 heterocycles. The number of amides is 1. The lowest BCUT2D eigenvalue weighted by Gasteiger charge is -2.10. The van der Waals surface area contributed by atoms with E-state index in [0.717, 1.165) is 34.6 Å². The van der Waals surface area contributed by atoms with Crippen molar-refractivity contribution < 1.29 is 9.53 Å². The van der Waals surface area contributed by atoms with E-state index < -0.39 is 0 Å². The van der Waals surface area contributed by atoms with E-state index in [4.69, 9.17) is 9.72 Å². The highest BCUT2D eigenvalue weighted by molar-refractivity contribution is 6.11. The van der Waals surface area contributed by atoms with Gasteiger partial charge in [0.25, 0.3) is 5.91 Å². The molecule has 6 nitrogen and oxygen atoms in total. The number of H-pyrrole nitrogens is 1. The van der Waals surface area contributed by atoms with Crippen molar-refractivity contribution in [2.24, 2.45) is 0 Å². The molecule has 5 aromatic rings. The largest absolute Gasteiger partial charge is 0.497 e. The second kappa shape index (κ2) is 9.81. The SMILES string of the molecule is CCc1ccc(-c2[nH]nc3nc(-c4ccc(OC)cc4)cc(C(=O)NCc4ccccc4)c23)cc1. The van der Waals surface area contributed by atoms with Gasteiger partial charge in [-0.1, -0.05) is 61.5 Å². The monoisotopic (exact) mass is 462 g/mol. The Balaban J connectivity index is 1.60. The number of pyridine rings is 1. The minimum Gasteiger partial charge on any atom is -0.497 e. The summed E-state index contributed by atoms with van der Waals surface area (Å²) < 4.78 is 5.28. The third-order valence-corrected chi connectivity index (χ3v) is 6.10. The Morgan fingerprint density at radius 2 is 1.63 bits per heavy atom. The predicted molar refractivity (Wildman–Crippen MR) is 138 cm³/mol. The number of nitrogens with zero attached hydrogens (tertiary/aromatic N) is 2. The Bertz CT molecular complexity index is 1460. The second-order valence-electron chi connectivity index (χ2n) is 8.30. The van der Waals surface area contributed by atoms with Crippen LogP contribution in [0.15, 0.2) is 84.9 Å². The Morgan fingerprint density at radius 3 is 2.31 bits per heavy atom. The van der Waals surface area contributed by atoms with Crippen molar-refractivity contribution in [2.45, 2.75) is 19.9 Å². The highest BCUT2D eigenvalue weighted by atomic mass is 16.5. The first kappa shape index (κ1) is 22.3. The number of hydrogen-bond donors (Lipinski definition) is 2. The highest BCUT2D eigenvalue weighted by Crippen LogP contribution is 2.32. The van der Waals surface area contributed by atoms with E-state index in [-0.39, 0.29) is 5.91 Å². The fourth-order valence-electron chi connectivity index (χ4n) is 4.10. The van der Waals surface area contributed by atoms with Gasteiger partial charge in [-0.15, -0.1) is 0 Å². The third-order valence-electron chi connectivity index (χ3n) is 6.10. The summed E-state index contributed by atoms with van der Waals surface area (Å²) in [5.41, 5.74) is 6.59. The van der Waals surface area contributed by atoms with E-state index in [1.807, 2.05) is 60.7 Å². The minimum atomic E-state index is -0.177. The van der Waals surface area contributed by atoms with Gasteiger partial charge in [0.2, 0.25) is 0 Å². The quantitative estimate of drug-likeness (QED) is 0.321. The van der Waals surface area contributed by atoms with Crippen LogP contribution >= 0.6 is 0 Å². The molecular formula is C29H26N4O2. The number of hydrogen-bond acceptors (Lipinski definition) is 4. The predicted octanol–water partition coefficient (Wildman–Crippen LogP) is 5.79. The number of carbonyl (C=O) groups is 1. The Kier molecular flexibility index (Phi) is 6.26. The van der Waals surface area contributed by atoms with Crippen LogP contribution in [0.4, 0.5) is 0 Å². The van der Waals surface area contributed by atoms with Crippen LogP contribution < -0.4 is 10.1 Å². The topological polar surface area (TPSA) is 79.9 Å². The van der Waals surface area contributed by atoms with Gasteiger partial charge >= 0.3 is 0 Å². The summed E-state index contributed by atoms with van der Waals surface area (Å²) >= 11 is 0. The zero-order valence-electron chi connectivity index (χ0n) is 19.7. The number of aromatic nitrogens is 3.